The molecule has 1 aliphatic carbocycles. The average Bonchev–Trinajstić information content (AvgIpc) is 3.01. The number of likely N-dealkylation sites (N-methyl/N-ethyl adjacent to an activating group) is 1. The van der Waals surface area contributed by atoms with Crippen molar-refractivity contribution in [1.29, 1.82) is 0 Å². The van der Waals surface area contributed by atoms with Crippen molar-refractivity contribution in [2.24, 2.45) is 17.8 Å². The predicted molar refractivity (Wildman–Crippen MR) is 94.3 cm³/mol. The summed E-state index contributed by atoms with van der Waals surface area (Å²) in [6, 6.07) is 0. The Bertz CT molecular complexity index is 572. The van der Waals surface area contributed by atoms with Crippen molar-refractivity contribution >= 4 is 5.91 Å². The fourth-order valence-corrected chi connectivity index (χ4v) is 4.20. The van der Waals surface area contributed by atoms with Gasteiger partial charge in [-0.15, -0.1) is 0 Å². The highest BCUT2D eigenvalue weighted by molar-refractivity contribution is 5.87. The van der Waals surface area contributed by atoms with Gasteiger partial charge in [0.15, 0.2) is 0 Å². The van der Waals surface area contributed by atoms with Crippen LogP contribution in [0.1, 0.15) is 25.0 Å². The van der Waals surface area contributed by atoms with Crippen LogP contribution in [0.3, 0.4) is 0 Å². The van der Waals surface area contributed by atoms with Crippen LogP contribution in [-0.2, 0) is 11.2 Å². The zero-order chi connectivity index (χ0) is 16.9. The molecule has 3 atom stereocenters. The fraction of sp³-hybridized carbons (Fsp3) is 0.632. The van der Waals surface area contributed by atoms with Crippen molar-refractivity contribution in [3.05, 3.63) is 36.4 Å². The van der Waals surface area contributed by atoms with Crippen LogP contribution in [0.2, 0.25) is 0 Å². The molecule has 0 aromatic carbocycles. The van der Waals surface area contributed by atoms with Gasteiger partial charge in [0, 0.05) is 44.3 Å². The molecule has 0 N–H and O–H groups in total. The zero-order valence-corrected chi connectivity index (χ0v) is 14.8. The Morgan fingerprint density at radius 2 is 2.21 bits per heavy atom. The molecule has 24 heavy (non-hydrogen) atoms. The predicted octanol–water partition coefficient (Wildman–Crippen LogP) is 2.01. The molecule has 2 aliphatic rings. The van der Waals surface area contributed by atoms with Gasteiger partial charge in [-0.2, -0.15) is 0 Å². The summed E-state index contributed by atoms with van der Waals surface area (Å²) in [4.78, 5) is 25.2. The molecular weight excluding hydrogens is 300 g/mol. The second kappa shape index (κ2) is 7.88. The van der Waals surface area contributed by atoms with E-state index in [9.17, 15) is 4.79 Å². The van der Waals surface area contributed by atoms with Gasteiger partial charge in [-0.25, -0.2) is 0 Å². The smallest absolute Gasteiger partial charge is 0.246 e. The standard InChI is InChI=1S/C19H28N4O/c1-22(2)10-4-7-19(24)23-13-16-6-3-5-15(18(16)14-23)11-17-12-20-8-9-21-17/h4,7-9,12,15-16,18H,3,5-6,10-11,13-14H2,1-2H3/b7-4+/t15-,16-,18-/m1/s1. The van der Waals surface area contributed by atoms with Crippen molar-refractivity contribution in [3.63, 3.8) is 0 Å². The van der Waals surface area contributed by atoms with E-state index in [-0.39, 0.29) is 5.91 Å². The van der Waals surface area contributed by atoms with Crippen LogP contribution in [0, 0.1) is 17.8 Å². The van der Waals surface area contributed by atoms with Crippen LogP contribution in [0.4, 0.5) is 0 Å². The van der Waals surface area contributed by atoms with Gasteiger partial charge in [-0.1, -0.05) is 12.5 Å². The van der Waals surface area contributed by atoms with Crippen LogP contribution >= 0.6 is 0 Å². The third-order valence-corrected chi connectivity index (χ3v) is 5.38. The molecular formula is C19H28N4O. The number of hydrogen-bond donors (Lipinski definition) is 0. The van der Waals surface area contributed by atoms with Gasteiger partial charge in [0.2, 0.25) is 5.91 Å². The normalized spacial score (nSPS) is 27.0. The molecule has 1 aromatic heterocycles. The van der Waals surface area contributed by atoms with E-state index in [0.717, 1.165) is 31.7 Å². The van der Waals surface area contributed by atoms with Crippen LogP contribution < -0.4 is 0 Å². The Balaban J connectivity index is 1.60. The molecule has 1 aliphatic heterocycles. The number of nitrogens with zero attached hydrogens (tertiary/aromatic N) is 4. The molecule has 2 heterocycles. The van der Waals surface area contributed by atoms with Gasteiger partial charge in [0.25, 0.3) is 0 Å². The Labute approximate surface area is 144 Å². The molecule has 5 nitrogen and oxygen atoms in total. The quantitative estimate of drug-likeness (QED) is 0.776. The number of amides is 1. The highest BCUT2D eigenvalue weighted by Crippen LogP contribution is 2.41. The van der Waals surface area contributed by atoms with Crippen LogP contribution in [0.5, 0.6) is 0 Å². The highest BCUT2D eigenvalue weighted by Gasteiger charge is 2.41. The van der Waals surface area contributed by atoms with Crippen LogP contribution in [-0.4, -0.2) is 59.4 Å². The number of likely N-dealkylation sites (tertiary alicyclic amines) is 1. The number of fused-ring (bicyclic) bond motifs is 1. The third kappa shape index (κ3) is 4.20. The first kappa shape index (κ1) is 17.1. The van der Waals surface area contributed by atoms with E-state index < -0.39 is 0 Å². The summed E-state index contributed by atoms with van der Waals surface area (Å²) in [5, 5.41) is 0. The van der Waals surface area contributed by atoms with E-state index in [1.165, 1.54) is 19.3 Å². The van der Waals surface area contributed by atoms with Crippen molar-refractivity contribution in [2.75, 3.05) is 33.7 Å². The number of aromatic nitrogens is 2. The molecule has 0 radical (unpaired) electrons. The van der Waals surface area contributed by atoms with Gasteiger partial charge in [-0.3, -0.25) is 14.8 Å². The lowest BCUT2D eigenvalue weighted by Crippen LogP contribution is -2.30. The first-order valence-electron chi connectivity index (χ1n) is 8.98. The summed E-state index contributed by atoms with van der Waals surface area (Å²) in [5.41, 5.74) is 1.08. The summed E-state index contributed by atoms with van der Waals surface area (Å²) in [6.45, 7) is 2.63. The Morgan fingerprint density at radius 3 is 2.96 bits per heavy atom. The molecule has 1 saturated carbocycles. The first-order chi connectivity index (χ1) is 11.6. The summed E-state index contributed by atoms with van der Waals surface area (Å²) in [5.74, 6) is 2.08. The van der Waals surface area contributed by atoms with Crippen LogP contribution in [0.25, 0.3) is 0 Å². The molecule has 0 unspecified atom stereocenters. The minimum Gasteiger partial charge on any atom is -0.339 e. The zero-order valence-electron chi connectivity index (χ0n) is 14.8. The number of hydrogen-bond acceptors (Lipinski definition) is 4. The summed E-state index contributed by atoms with van der Waals surface area (Å²) >= 11 is 0. The van der Waals surface area contributed by atoms with Crippen molar-refractivity contribution in [2.45, 2.75) is 25.7 Å². The maximum absolute atomic E-state index is 12.4. The maximum Gasteiger partial charge on any atom is 0.246 e. The van der Waals surface area contributed by atoms with Gasteiger partial charge in [-0.05, 0) is 51.1 Å². The van der Waals surface area contributed by atoms with E-state index in [2.05, 4.69) is 19.8 Å². The lowest BCUT2D eigenvalue weighted by molar-refractivity contribution is -0.125. The third-order valence-electron chi connectivity index (χ3n) is 5.38. The molecule has 1 aromatic rings. The van der Waals surface area contributed by atoms with E-state index in [4.69, 9.17) is 0 Å². The van der Waals surface area contributed by atoms with Crippen LogP contribution in [0.15, 0.2) is 30.7 Å². The fourth-order valence-electron chi connectivity index (χ4n) is 4.20. The summed E-state index contributed by atoms with van der Waals surface area (Å²) in [6.07, 6.45) is 13.8. The SMILES string of the molecule is CN(C)C/C=C/C(=O)N1C[C@H]2CCC[C@H](Cc3cnccn3)[C@H]2C1. The molecule has 5 heteroatoms. The lowest BCUT2D eigenvalue weighted by atomic mass is 9.72. The molecule has 130 valence electrons. The summed E-state index contributed by atoms with van der Waals surface area (Å²) < 4.78 is 0. The van der Waals surface area contributed by atoms with E-state index in [0.29, 0.717) is 17.8 Å². The van der Waals surface area contributed by atoms with Gasteiger partial charge in [0.1, 0.15) is 0 Å². The minimum atomic E-state index is 0.171. The topological polar surface area (TPSA) is 49.3 Å². The first-order valence-corrected chi connectivity index (χ1v) is 8.98. The van der Waals surface area contributed by atoms with Gasteiger partial charge in [0.05, 0.1) is 5.69 Å². The number of rotatable bonds is 5. The van der Waals surface area contributed by atoms with Crippen molar-refractivity contribution in [1.82, 2.24) is 19.8 Å². The average molecular weight is 328 g/mol. The largest absolute Gasteiger partial charge is 0.339 e. The highest BCUT2D eigenvalue weighted by atomic mass is 16.2. The molecule has 2 fully saturated rings. The molecule has 1 saturated heterocycles. The maximum atomic E-state index is 12.4. The van der Waals surface area contributed by atoms with E-state index in [1.807, 2.05) is 26.4 Å². The molecule has 0 bridgehead atoms. The molecule has 0 spiro atoms. The number of carbonyl (C=O) groups excluding carboxylic acids is 1. The Kier molecular flexibility index (Phi) is 5.61. The van der Waals surface area contributed by atoms with Crippen molar-refractivity contribution in [3.8, 4) is 0 Å². The molecule has 1 amide bonds. The molecule has 3 rings (SSSR count). The lowest BCUT2D eigenvalue weighted by Gasteiger charge is -2.32. The van der Waals surface area contributed by atoms with E-state index >= 15 is 0 Å². The van der Waals surface area contributed by atoms with Gasteiger partial charge < -0.3 is 9.80 Å². The van der Waals surface area contributed by atoms with Crippen molar-refractivity contribution < 1.29 is 4.79 Å². The van der Waals surface area contributed by atoms with Gasteiger partial charge >= 0.3 is 0 Å². The Morgan fingerprint density at radius 1 is 1.33 bits per heavy atom. The second-order valence-electron chi connectivity index (χ2n) is 7.42. The minimum absolute atomic E-state index is 0.171. The summed E-state index contributed by atoms with van der Waals surface area (Å²) in [7, 11) is 4.02. The van der Waals surface area contributed by atoms with E-state index in [1.54, 1.807) is 18.5 Å². The Hall–Kier alpha value is -1.75. The second-order valence-corrected chi connectivity index (χ2v) is 7.42. The number of carbonyl (C=O) groups is 1. The monoisotopic (exact) mass is 328 g/mol.